The van der Waals surface area contributed by atoms with E-state index in [0.717, 1.165) is 10.0 Å². The standard InChI is InChI=1S/C15H15BrN2O2/c16-12-3-1-2-4-14(12)18-15(20)13(17)9-10-5-7-11(19)8-6-10/h1-8,13,19H,9,17H2,(H,18,20). The summed E-state index contributed by atoms with van der Waals surface area (Å²) in [5, 5.41) is 12.0. The SMILES string of the molecule is NC(Cc1ccc(O)cc1)C(=O)Nc1ccccc1Br. The maximum absolute atomic E-state index is 12.0. The minimum absolute atomic E-state index is 0.194. The molecular formula is C15H15BrN2O2. The van der Waals surface area contributed by atoms with Gasteiger partial charge in [0.15, 0.2) is 0 Å². The predicted octanol–water partition coefficient (Wildman–Crippen LogP) is 2.66. The van der Waals surface area contributed by atoms with Crippen LogP contribution in [0.15, 0.2) is 53.0 Å². The van der Waals surface area contributed by atoms with Gasteiger partial charge in [-0.1, -0.05) is 24.3 Å². The second kappa shape index (κ2) is 6.54. The first-order chi connectivity index (χ1) is 9.56. The minimum Gasteiger partial charge on any atom is -0.508 e. The van der Waals surface area contributed by atoms with Crippen molar-refractivity contribution in [2.75, 3.05) is 5.32 Å². The maximum atomic E-state index is 12.0. The lowest BCUT2D eigenvalue weighted by molar-refractivity contribution is -0.117. The average Bonchev–Trinajstić information content (AvgIpc) is 2.44. The van der Waals surface area contributed by atoms with E-state index in [2.05, 4.69) is 21.2 Å². The summed E-state index contributed by atoms with van der Waals surface area (Å²) in [6, 6.07) is 13.4. The molecular weight excluding hydrogens is 320 g/mol. The number of phenolic OH excluding ortho intramolecular Hbond substituents is 1. The Labute approximate surface area is 125 Å². The van der Waals surface area contributed by atoms with E-state index in [1.165, 1.54) is 0 Å². The van der Waals surface area contributed by atoms with Gasteiger partial charge in [-0.25, -0.2) is 0 Å². The van der Waals surface area contributed by atoms with Gasteiger partial charge in [-0.3, -0.25) is 4.79 Å². The molecule has 0 saturated heterocycles. The number of halogens is 1. The van der Waals surface area contributed by atoms with E-state index in [4.69, 9.17) is 5.73 Å². The molecule has 4 N–H and O–H groups in total. The molecule has 20 heavy (non-hydrogen) atoms. The molecule has 0 fully saturated rings. The molecule has 0 radical (unpaired) electrons. The monoisotopic (exact) mass is 334 g/mol. The molecule has 0 aliphatic rings. The highest BCUT2D eigenvalue weighted by Gasteiger charge is 2.15. The number of hydrogen-bond acceptors (Lipinski definition) is 3. The summed E-state index contributed by atoms with van der Waals surface area (Å²) in [7, 11) is 0. The number of para-hydroxylation sites is 1. The molecule has 1 atom stereocenters. The van der Waals surface area contributed by atoms with Crippen LogP contribution in [0.2, 0.25) is 0 Å². The van der Waals surface area contributed by atoms with Gasteiger partial charge in [0, 0.05) is 4.47 Å². The van der Waals surface area contributed by atoms with E-state index in [9.17, 15) is 9.90 Å². The van der Waals surface area contributed by atoms with Gasteiger partial charge in [-0.2, -0.15) is 0 Å². The lowest BCUT2D eigenvalue weighted by atomic mass is 10.1. The molecule has 104 valence electrons. The Hall–Kier alpha value is -1.85. The first-order valence-corrected chi connectivity index (χ1v) is 6.94. The van der Waals surface area contributed by atoms with Crippen molar-refractivity contribution in [2.24, 2.45) is 5.73 Å². The average molecular weight is 335 g/mol. The number of aromatic hydroxyl groups is 1. The molecule has 0 aromatic heterocycles. The summed E-state index contributed by atoms with van der Waals surface area (Å²) >= 11 is 3.37. The number of hydrogen-bond donors (Lipinski definition) is 3. The van der Waals surface area contributed by atoms with E-state index in [0.29, 0.717) is 12.1 Å². The molecule has 2 aromatic carbocycles. The number of nitrogens with two attached hydrogens (primary N) is 1. The molecule has 1 amide bonds. The first kappa shape index (κ1) is 14.6. The molecule has 0 saturated carbocycles. The Morgan fingerprint density at radius 2 is 1.85 bits per heavy atom. The number of rotatable bonds is 4. The van der Waals surface area contributed by atoms with Crippen molar-refractivity contribution in [2.45, 2.75) is 12.5 Å². The van der Waals surface area contributed by atoms with Gasteiger partial charge in [0.25, 0.3) is 0 Å². The maximum Gasteiger partial charge on any atom is 0.241 e. The fourth-order valence-corrected chi connectivity index (χ4v) is 2.15. The minimum atomic E-state index is -0.647. The summed E-state index contributed by atoms with van der Waals surface area (Å²) < 4.78 is 0.810. The van der Waals surface area contributed by atoms with Crippen LogP contribution in [-0.4, -0.2) is 17.1 Å². The topological polar surface area (TPSA) is 75.3 Å². The third kappa shape index (κ3) is 3.82. The Morgan fingerprint density at radius 1 is 1.20 bits per heavy atom. The molecule has 0 heterocycles. The summed E-state index contributed by atoms with van der Waals surface area (Å²) in [5.41, 5.74) is 7.49. The van der Waals surface area contributed by atoms with Crippen molar-refractivity contribution in [3.8, 4) is 5.75 Å². The van der Waals surface area contributed by atoms with Crippen LogP contribution < -0.4 is 11.1 Å². The van der Waals surface area contributed by atoms with Gasteiger partial charge in [0.1, 0.15) is 5.75 Å². The molecule has 0 aliphatic heterocycles. The second-order valence-corrected chi connectivity index (χ2v) is 5.30. The second-order valence-electron chi connectivity index (χ2n) is 4.45. The lowest BCUT2D eigenvalue weighted by Gasteiger charge is -2.13. The number of carbonyl (C=O) groups excluding carboxylic acids is 1. The molecule has 1 unspecified atom stereocenters. The van der Waals surface area contributed by atoms with E-state index in [-0.39, 0.29) is 11.7 Å². The van der Waals surface area contributed by atoms with Gasteiger partial charge < -0.3 is 16.2 Å². The smallest absolute Gasteiger partial charge is 0.241 e. The molecule has 0 aliphatic carbocycles. The van der Waals surface area contributed by atoms with E-state index < -0.39 is 6.04 Å². The summed E-state index contributed by atoms with van der Waals surface area (Å²) in [4.78, 5) is 12.0. The number of phenols is 1. The van der Waals surface area contributed by atoms with Crippen molar-refractivity contribution in [3.63, 3.8) is 0 Å². The van der Waals surface area contributed by atoms with Crippen LogP contribution in [0.5, 0.6) is 5.75 Å². The van der Waals surface area contributed by atoms with Crippen LogP contribution in [0, 0.1) is 0 Å². The van der Waals surface area contributed by atoms with Crippen LogP contribution in [0.25, 0.3) is 0 Å². The quantitative estimate of drug-likeness (QED) is 0.804. The Bertz CT molecular complexity index is 599. The van der Waals surface area contributed by atoms with E-state index in [1.54, 1.807) is 30.3 Å². The van der Waals surface area contributed by atoms with Gasteiger partial charge in [0.2, 0.25) is 5.91 Å². The molecule has 4 nitrogen and oxygen atoms in total. The van der Waals surface area contributed by atoms with E-state index in [1.807, 2.05) is 18.2 Å². The molecule has 5 heteroatoms. The summed E-state index contributed by atoms with van der Waals surface area (Å²) in [5.74, 6) is -0.0510. The van der Waals surface area contributed by atoms with Crippen LogP contribution >= 0.6 is 15.9 Å². The van der Waals surface area contributed by atoms with Crippen molar-refractivity contribution in [1.29, 1.82) is 0 Å². The van der Waals surface area contributed by atoms with Crippen molar-refractivity contribution >= 4 is 27.5 Å². The predicted molar refractivity (Wildman–Crippen MR) is 82.6 cm³/mol. The Kier molecular flexibility index (Phi) is 4.76. The highest BCUT2D eigenvalue weighted by Crippen LogP contribution is 2.21. The van der Waals surface area contributed by atoms with Crippen LogP contribution in [0.3, 0.4) is 0 Å². The molecule has 0 bridgehead atoms. The van der Waals surface area contributed by atoms with Crippen LogP contribution in [-0.2, 0) is 11.2 Å². The highest BCUT2D eigenvalue weighted by atomic mass is 79.9. The van der Waals surface area contributed by atoms with Gasteiger partial charge in [-0.15, -0.1) is 0 Å². The number of carbonyl (C=O) groups is 1. The Balaban J connectivity index is 1.99. The molecule has 2 aromatic rings. The number of amides is 1. The van der Waals surface area contributed by atoms with Crippen molar-refractivity contribution in [3.05, 3.63) is 58.6 Å². The molecule has 2 rings (SSSR count). The number of nitrogens with one attached hydrogen (secondary N) is 1. The zero-order valence-corrected chi connectivity index (χ0v) is 12.3. The van der Waals surface area contributed by atoms with Crippen molar-refractivity contribution in [1.82, 2.24) is 0 Å². The fraction of sp³-hybridized carbons (Fsp3) is 0.133. The first-order valence-electron chi connectivity index (χ1n) is 6.15. The number of anilines is 1. The van der Waals surface area contributed by atoms with Gasteiger partial charge in [-0.05, 0) is 52.2 Å². The normalized spacial score (nSPS) is 11.9. The highest BCUT2D eigenvalue weighted by molar-refractivity contribution is 9.10. The largest absolute Gasteiger partial charge is 0.508 e. The number of benzene rings is 2. The summed E-state index contributed by atoms with van der Waals surface area (Å²) in [6.45, 7) is 0. The third-order valence-corrected chi connectivity index (χ3v) is 3.55. The van der Waals surface area contributed by atoms with Gasteiger partial charge in [0.05, 0.1) is 11.7 Å². The van der Waals surface area contributed by atoms with Crippen LogP contribution in [0.1, 0.15) is 5.56 Å². The third-order valence-electron chi connectivity index (χ3n) is 2.86. The Morgan fingerprint density at radius 3 is 2.50 bits per heavy atom. The van der Waals surface area contributed by atoms with E-state index >= 15 is 0 Å². The van der Waals surface area contributed by atoms with Crippen LogP contribution in [0.4, 0.5) is 5.69 Å². The zero-order valence-electron chi connectivity index (χ0n) is 10.7. The van der Waals surface area contributed by atoms with Gasteiger partial charge >= 0.3 is 0 Å². The summed E-state index contributed by atoms with van der Waals surface area (Å²) in [6.07, 6.45) is 0.413. The lowest BCUT2D eigenvalue weighted by Crippen LogP contribution is -2.37. The van der Waals surface area contributed by atoms with Crippen molar-refractivity contribution < 1.29 is 9.90 Å². The zero-order chi connectivity index (χ0) is 14.5. The molecule has 0 spiro atoms. The fourth-order valence-electron chi connectivity index (χ4n) is 1.77.